The minimum absolute atomic E-state index is 0.0566. The maximum absolute atomic E-state index is 10.8. The van der Waals surface area contributed by atoms with Crippen molar-refractivity contribution in [3.8, 4) is 0 Å². The van der Waals surface area contributed by atoms with Gasteiger partial charge in [0.2, 0.25) is 5.91 Å². The zero-order valence-electron chi connectivity index (χ0n) is 6.34. The highest BCUT2D eigenvalue weighted by Crippen LogP contribution is 2.06. The van der Waals surface area contributed by atoms with Gasteiger partial charge in [0.05, 0.1) is 6.54 Å². The van der Waals surface area contributed by atoms with Gasteiger partial charge in [-0.25, -0.2) is 0 Å². The summed E-state index contributed by atoms with van der Waals surface area (Å²) in [5.74, 6) is -0.119. The molecule has 1 rings (SSSR count). The molecule has 1 aliphatic carbocycles. The van der Waals surface area contributed by atoms with Crippen molar-refractivity contribution in [2.24, 2.45) is 5.73 Å². The first-order chi connectivity index (χ1) is 5.33. The maximum atomic E-state index is 10.8. The number of rotatable bonds is 2. The fourth-order valence-electron chi connectivity index (χ4n) is 0.932. The van der Waals surface area contributed by atoms with E-state index >= 15 is 0 Å². The molecule has 0 radical (unpaired) electrons. The Morgan fingerprint density at radius 1 is 1.64 bits per heavy atom. The molecule has 0 saturated carbocycles. The predicted molar refractivity (Wildman–Crippen MR) is 43.7 cm³/mol. The first-order valence-electron chi connectivity index (χ1n) is 3.67. The Bertz CT molecular complexity index is 206. The third-order valence-electron chi connectivity index (χ3n) is 1.49. The molecule has 3 heteroatoms. The predicted octanol–water partition coefficient (Wildman–Crippen LogP) is 0.295. The summed E-state index contributed by atoms with van der Waals surface area (Å²) in [6.07, 6.45) is 7.81. The molecule has 0 saturated heterocycles. The zero-order chi connectivity index (χ0) is 8.10. The molecule has 3 N–H and O–H groups in total. The number of carbonyl (C=O) groups is 1. The third-order valence-corrected chi connectivity index (χ3v) is 1.49. The molecule has 0 aromatic rings. The summed E-state index contributed by atoms with van der Waals surface area (Å²) < 4.78 is 0. The molecule has 0 unspecified atom stereocenters. The molecule has 0 heterocycles. The molecule has 11 heavy (non-hydrogen) atoms. The maximum Gasteiger partial charge on any atom is 0.237 e. The van der Waals surface area contributed by atoms with Crippen molar-refractivity contribution in [3.05, 3.63) is 23.9 Å². The van der Waals surface area contributed by atoms with Crippen LogP contribution in [0.15, 0.2) is 23.9 Å². The number of hydrogen-bond acceptors (Lipinski definition) is 2. The Morgan fingerprint density at radius 2 is 2.45 bits per heavy atom. The highest BCUT2D eigenvalue weighted by molar-refractivity contribution is 5.79. The second kappa shape index (κ2) is 3.93. The van der Waals surface area contributed by atoms with Gasteiger partial charge in [-0.3, -0.25) is 4.79 Å². The van der Waals surface area contributed by atoms with Crippen LogP contribution in [0.4, 0.5) is 0 Å². The lowest BCUT2D eigenvalue weighted by atomic mass is 10.1. The first kappa shape index (κ1) is 8.01. The van der Waals surface area contributed by atoms with Gasteiger partial charge in [0.1, 0.15) is 0 Å². The van der Waals surface area contributed by atoms with E-state index in [9.17, 15) is 4.79 Å². The van der Waals surface area contributed by atoms with Gasteiger partial charge in [0.15, 0.2) is 0 Å². The van der Waals surface area contributed by atoms with Gasteiger partial charge in [0, 0.05) is 12.1 Å². The Balaban J connectivity index is 2.37. The Morgan fingerprint density at radius 3 is 3.00 bits per heavy atom. The molecule has 1 aliphatic rings. The minimum atomic E-state index is -0.119. The largest absolute Gasteiger partial charge is 0.329 e. The monoisotopic (exact) mass is 152 g/mol. The van der Waals surface area contributed by atoms with E-state index in [-0.39, 0.29) is 12.5 Å². The quantitative estimate of drug-likeness (QED) is 0.559. The van der Waals surface area contributed by atoms with E-state index in [0.29, 0.717) is 0 Å². The van der Waals surface area contributed by atoms with Crippen molar-refractivity contribution in [2.45, 2.75) is 12.8 Å². The van der Waals surface area contributed by atoms with Crippen LogP contribution in [0.5, 0.6) is 0 Å². The van der Waals surface area contributed by atoms with Crippen LogP contribution in [0.25, 0.3) is 0 Å². The highest BCUT2D eigenvalue weighted by atomic mass is 16.1. The van der Waals surface area contributed by atoms with E-state index in [4.69, 9.17) is 5.73 Å². The van der Waals surface area contributed by atoms with E-state index in [1.807, 2.05) is 12.2 Å². The fourth-order valence-corrected chi connectivity index (χ4v) is 0.932. The van der Waals surface area contributed by atoms with Gasteiger partial charge in [-0.2, -0.15) is 0 Å². The van der Waals surface area contributed by atoms with Crippen molar-refractivity contribution in [1.29, 1.82) is 0 Å². The summed E-state index contributed by atoms with van der Waals surface area (Å²) in [7, 11) is 0. The van der Waals surface area contributed by atoms with Crippen molar-refractivity contribution in [2.75, 3.05) is 6.54 Å². The summed E-state index contributed by atoms with van der Waals surface area (Å²) in [5, 5.41) is 2.71. The number of allylic oxidation sites excluding steroid dienone is 3. The summed E-state index contributed by atoms with van der Waals surface area (Å²) in [6.45, 7) is 0.0566. The summed E-state index contributed by atoms with van der Waals surface area (Å²) in [4.78, 5) is 10.8. The van der Waals surface area contributed by atoms with E-state index in [1.54, 1.807) is 0 Å². The van der Waals surface area contributed by atoms with Crippen molar-refractivity contribution >= 4 is 5.91 Å². The first-order valence-corrected chi connectivity index (χ1v) is 3.67. The molecule has 0 aromatic heterocycles. The van der Waals surface area contributed by atoms with Gasteiger partial charge in [-0.05, 0) is 6.42 Å². The standard InChI is InChI=1S/C8H12N2O/c9-6-8(11)10-7-4-2-1-3-5-7/h1-2,5H,3-4,6,9H2,(H,10,11). The SMILES string of the molecule is NCC(=O)NC1=CCC=CC1. The topological polar surface area (TPSA) is 55.1 Å². The van der Waals surface area contributed by atoms with Gasteiger partial charge >= 0.3 is 0 Å². The average Bonchev–Trinajstić information content (AvgIpc) is 2.06. The number of carbonyl (C=O) groups excluding carboxylic acids is 1. The van der Waals surface area contributed by atoms with Gasteiger partial charge < -0.3 is 11.1 Å². The normalized spacial score (nSPS) is 15.9. The van der Waals surface area contributed by atoms with Crippen LogP contribution >= 0.6 is 0 Å². The fraction of sp³-hybridized carbons (Fsp3) is 0.375. The summed E-state index contributed by atoms with van der Waals surface area (Å²) >= 11 is 0. The van der Waals surface area contributed by atoms with E-state index in [1.165, 1.54) is 0 Å². The Labute approximate surface area is 66.0 Å². The van der Waals surface area contributed by atoms with E-state index in [0.717, 1.165) is 18.5 Å². The smallest absolute Gasteiger partial charge is 0.237 e. The number of nitrogens with two attached hydrogens (primary N) is 1. The second-order valence-corrected chi connectivity index (χ2v) is 2.39. The van der Waals surface area contributed by atoms with Crippen LogP contribution in [0, 0.1) is 0 Å². The highest BCUT2D eigenvalue weighted by Gasteiger charge is 2.01. The van der Waals surface area contributed by atoms with Crippen molar-refractivity contribution < 1.29 is 4.79 Å². The summed E-state index contributed by atoms with van der Waals surface area (Å²) in [5.41, 5.74) is 6.09. The molecule has 0 atom stereocenters. The lowest BCUT2D eigenvalue weighted by Crippen LogP contribution is -2.29. The Hall–Kier alpha value is -1.09. The second-order valence-electron chi connectivity index (χ2n) is 2.39. The molecule has 1 amide bonds. The van der Waals surface area contributed by atoms with Crippen molar-refractivity contribution in [1.82, 2.24) is 5.32 Å². The van der Waals surface area contributed by atoms with Crippen LogP contribution in [0.2, 0.25) is 0 Å². The molecule has 0 spiro atoms. The molecule has 3 nitrogen and oxygen atoms in total. The third kappa shape index (κ3) is 2.55. The molecular formula is C8H12N2O. The molecule has 0 bridgehead atoms. The van der Waals surface area contributed by atoms with E-state index < -0.39 is 0 Å². The van der Waals surface area contributed by atoms with Gasteiger partial charge in [0.25, 0.3) is 0 Å². The minimum Gasteiger partial charge on any atom is -0.329 e. The van der Waals surface area contributed by atoms with Gasteiger partial charge in [-0.1, -0.05) is 18.2 Å². The molecular weight excluding hydrogens is 140 g/mol. The Kier molecular flexibility index (Phi) is 2.86. The van der Waals surface area contributed by atoms with Crippen LogP contribution < -0.4 is 11.1 Å². The van der Waals surface area contributed by atoms with E-state index in [2.05, 4.69) is 11.4 Å². The summed E-state index contributed by atoms with van der Waals surface area (Å²) in [6, 6.07) is 0. The number of hydrogen-bond donors (Lipinski definition) is 2. The molecule has 0 fully saturated rings. The lowest BCUT2D eigenvalue weighted by Gasteiger charge is -2.08. The molecule has 0 aliphatic heterocycles. The van der Waals surface area contributed by atoms with Crippen LogP contribution in [-0.2, 0) is 4.79 Å². The lowest BCUT2D eigenvalue weighted by molar-refractivity contribution is -0.119. The van der Waals surface area contributed by atoms with Crippen LogP contribution in [-0.4, -0.2) is 12.5 Å². The number of nitrogens with one attached hydrogen (secondary N) is 1. The zero-order valence-corrected chi connectivity index (χ0v) is 6.34. The van der Waals surface area contributed by atoms with Gasteiger partial charge in [-0.15, -0.1) is 0 Å². The number of amides is 1. The molecule has 60 valence electrons. The average molecular weight is 152 g/mol. The van der Waals surface area contributed by atoms with Crippen molar-refractivity contribution in [3.63, 3.8) is 0 Å². The van der Waals surface area contributed by atoms with Crippen LogP contribution in [0.3, 0.4) is 0 Å². The molecule has 0 aromatic carbocycles. The van der Waals surface area contributed by atoms with Crippen LogP contribution in [0.1, 0.15) is 12.8 Å².